The van der Waals surface area contributed by atoms with E-state index < -0.39 is 5.91 Å². The number of carbonyl (C=O) groups excluding carboxylic acids is 3. The molecule has 0 radical (unpaired) electrons. The predicted molar refractivity (Wildman–Crippen MR) is 110 cm³/mol. The van der Waals surface area contributed by atoms with E-state index in [-0.39, 0.29) is 42.3 Å². The summed E-state index contributed by atoms with van der Waals surface area (Å²) in [6.45, 7) is 5.74. The molecule has 0 saturated carbocycles. The Morgan fingerprint density at radius 1 is 1.04 bits per heavy atom. The second-order valence-electron chi connectivity index (χ2n) is 6.76. The molecule has 28 heavy (non-hydrogen) atoms. The van der Waals surface area contributed by atoms with Crippen LogP contribution in [0.25, 0.3) is 0 Å². The summed E-state index contributed by atoms with van der Waals surface area (Å²) in [4.78, 5) is 36.7. The van der Waals surface area contributed by atoms with Gasteiger partial charge in [0.2, 0.25) is 11.8 Å². The minimum atomic E-state index is -0.787. The molecule has 1 aromatic rings. The topological polar surface area (TPSA) is 113 Å². The third-order valence-corrected chi connectivity index (χ3v) is 4.50. The Bertz CT molecular complexity index is 697. The Kier molecular flexibility index (Phi) is 9.95. The minimum absolute atomic E-state index is 0.00354. The van der Waals surface area contributed by atoms with Gasteiger partial charge < -0.3 is 21.7 Å². The van der Waals surface area contributed by atoms with Crippen molar-refractivity contribution in [1.29, 1.82) is 0 Å². The normalized spacial score (nSPS) is 13.9. The van der Waals surface area contributed by atoms with Crippen molar-refractivity contribution in [2.45, 2.75) is 58.4 Å². The highest BCUT2D eigenvalue weighted by Crippen LogP contribution is 2.19. The number of benzene rings is 1. The molecule has 1 rings (SSSR count). The highest BCUT2D eigenvalue weighted by Gasteiger charge is 2.23. The van der Waals surface area contributed by atoms with E-state index >= 15 is 0 Å². The summed E-state index contributed by atoms with van der Waals surface area (Å²) in [7, 11) is 1.72. The quantitative estimate of drug-likeness (QED) is 0.434. The van der Waals surface area contributed by atoms with Gasteiger partial charge in [-0.15, -0.1) is 0 Å². The van der Waals surface area contributed by atoms with Crippen LogP contribution in [-0.4, -0.2) is 30.8 Å². The fourth-order valence-electron chi connectivity index (χ4n) is 2.95. The molecule has 0 aliphatic carbocycles. The van der Waals surface area contributed by atoms with Crippen molar-refractivity contribution in [2.75, 3.05) is 7.05 Å². The summed E-state index contributed by atoms with van der Waals surface area (Å²) in [5.41, 5.74) is 6.79. The lowest BCUT2D eigenvalue weighted by atomic mass is 9.97. The van der Waals surface area contributed by atoms with Gasteiger partial charge in [0, 0.05) is 18.9 Å². The molecule has 2 unspecified atom stereocenters. The van der Waals surface area contributed by atoms with E-state index in [0.717, 1.165) is 5.56 Å². The van der Waals surface area contributed by atoms with E-state index in [4.69, 9.17) is 5.73 Å². The van der Waals surface area contributed by atoms with Crippen LogP contribution in [0.5, 0.6) is 0 Å². The van der Waals surface area contributed by atoms with Gasteiger partial charge in [-0.3, -0.25) is 14.4 Å². The number of hydrogen-bond donors (Lipinski definition) is 4. The number of carbonyl (C=O) groups is 3. The van der Waals surface area contributed by atoms with Crippen LogP contribution >= 0.6 is 0 Å². The van der Waals surface area contributed by atoms with Crippen LogP contribution in [0.15, 0.2) is 41.7 Å². The van der Waals surface area contributed by atoms with Gasteiger partial charge in [-0.1, -0.05) is 51.1 Å². The lowest BCUT2D eigenvalue weighted by Crippen LogP contribution is -2.43. The molecular weight excluding hydrogens is 356 g/mol. The maximum Gasteiger partial charge on any atom is 0.267 e. The number of rotatable bonds is 11. The van der Waals surface area contributed by atoms with E-state index in [1.807, 2.05) is 51.1 Å². The SMILES string of the molecule is CCCC(=O)NC(C(N)=O)=C(NC(=O)CC(C)c1ccccc1)C(CC)NC. The molecular formula is C21H32N4O3. The van der Waals surface area contributed by atoms with Crippen LogP contribution < -0.4 is 21.7 Å². The Morgan fingerprint density at radius 2 is 1.68 bits per heavy atom. The molecule has 2 atom stereocenters. The zero-order valence-electron chi connectivity index (χ0n) is 17.2. The molecule has 0 bridgehead atoms. The van der Waals surface area contributed by atoms with E-state index in [2.05, 4.69) is 16.0 Å². The summed E-state index contributed by atoms with van der Waals surface area (Å²) in [5.74, 6) is -1.34. The van der Waals surface area contributed by atoms with Gasteiger partial charge in [0.1, 0.15) is 5.70 Å². The van der Waals surface area contributed by atoms with Crippen molar-refractivity contribution >= 4 is 17.7 Å². The minimum Gasteiger partial charge on any atom is -0.364 e. The molecule has 7 heteroatoms. The third kappa shape index (κ3) is 7.15. The largest absolute Gasteiger partial charge is 0.364 e. The average Bonchev–Trinajstić information content (AvgIpc) is 2.67. The molecule has 3 amide bonds. The van der Waals surface area contributed by atoms with Gasteiger partial charge in [0.25, 0.3) is 5.91 Å². The fraction of sp³-hybridized carbons (Fsp3) is 0.476. The van der Waals surface area contributed by atoms with Crippen LogP contribution in [0, 0.1) is 0 Å². The van der Waals surface area contributed by atoms with Crippen LogP contribution in [0.2, 0.25) is 0 Å². The first kappa shape index (κ1) is 23.4. The van der Waals surface area contributed by atoms with E-state index in [9.17, 15) is 14.4 Å². The van der Waals surface area contributed by atoms with Gasteiger partial charge >= 0.3 is 0 Å². The summed E-state index contributed by atoms with van der Waals surface area (Å²) in [6.07, 6.45) is 1.74. The molecule has 1 aromatic carbocycles. The second-order valence-corrected chi connectivity index (χ2v) is 6.76. The highest BCUT2D eigenvalue weighted by atomic mass is 16.2. The van der Waals surface area contributed by atoms with E-state index in [1.54, 1.807) is 7.05 Å². The van der Waals surface area contributed by atoms with Crippen molar-refractivity contribution in [3.63, 3.8) is 0 Å². The number of likely N-dealkylation sites (N-methyl/N-ethyl adjacent to an activating group) is 1. The molecule has 154 valence electrons. The number of hydrogen-bond acceptors (Lipinski definition) is 4. The molecule has 0 aliphatic heterocycles. The maximum absolute atomic E-state index is 12.7. The van der Waals surface area contributed by atoms with Crippen molar-refractivity contribution in [2.24, 2.45) is 5.73 Å². The van der Waals surface area contributed by atoms with Crippen LogP contribution in [0.4, 0.5) is 0 Å². The third-order valence-electron chi connectivity index (χ3n) is 4.50. The Balaban J connectivity index is 3.09. The standard InChI is InChI=1S/C21H32N4O3/c1-5-10-17(26)24-20(21(22)28)19(16(6-2)23-4)25-18(27)13-14(3)15-11-8-7-9-12-15/h7-9,11-12,14,16,23H,5-6,10,13H2,1-4H3,(H2,22,28)(H,24,26)(H,25,27). The van der Waals surface area contributed by atoms with Crippen LogP contribution in [-0.2, 0) is 14.4 Å². The lowest BCUT2D eigenvalue weighted by molar-refractivity contribution is -0.123. The predicted octanol–water partition coefficient (Wildman–Crippen LogP) is 1.91. The lowest BCUT2D eigenvalue weighted by Gasteiger charge is -2.23. The first-order chi connectivity index (χ1) is 13.3. The van der Waals surface area contributed by atoms with Gasteiger partial charge in [-0.05, 0) is 31.4 Å². The molecule has 0 aromatic heterocycles. The maximum atomic E-state index is 12.7. The smallest absolute Gasteiger partial charge is 0.267 e. The zero-order chi connectivity index (χ0) is 21.1. The Hall–Kier alpha value is -2.67. The van der Waals surface area contributed by atoms with Crippen LogP contribution in [0.1, 0.15) is 57.9 Å². The first-order valence-electron chi connectivity index (χ1n) is 9.69. The van der Waals surface area contributed by atoms with Gasteiger partial charge in [0.05, 0.1) is 5.70 Å². The summed E-state index contributed by atoms with van der Waals surface area (Å²) < 4.78 is 0. The molecule has 0 saturated heterocycles. The number of primary amides is 1. The monoisotopic (exact) mass is 388 g/mol. The summed E-state index contributed by atoms with van der Waals surface area (Å²) in [6, 6.07) is 9.39. The molecule has 0 spiro atoms. The Labute approximate surface area is 167 Å². The van der Waals surface area contributed by atoms with Crippen LogP contribution in [0.3, 0.4) is 0 Å². The van der Waals surface area contributed by atoms with Crippen molar-refractivity contribution in [3.8, 4) is 0 Å². The molecule has 7 nitrogen and oxygen atoms in total. The number of nitrogens with one attached hydrogen (secondary N) is 3. The molecule has 0 heterocycles. The second kappa shape index (κ2) is 11.9. The van der Waals surface area contributed by atoms with Crippen molar-refractivity contribution < 1.29 is 14.4 Å². The first-order valence-corrected chi connectivity index (χ1v) is 9.69. The Morgan fingerprint density at radius 3 is 2.18 bits per heavy atom. The highest BCUT2D eigenvalue weighted by molar-refractivity contribution is 5.98. The van der Waals surface area contributed by atoms with Crippen molar-refractivity contribution in [1.82, 2.24) is 16.0 Å². The number of amides is 3. The fourth-order valence-corrected chi connectivity index (χ4v) is 2.95. The van der Waals surface area contributed by atoms with E-state index in [0.29, 0.717) is 18.5 Å². The molecule has 0 fully saturated rings. The zero-order valence-corrected chi connectivity index (χ0v) is 17.2. The average molecular weight is 389 g/mol. The molecule has 0 aliphatic rings. The summed E-state index contributed by atoms with van der Waals surface area (Å²) in [5, 5.41) is 8.43. The van der Waals surface area contributed by atoms with Gasteiger partial charge in [-0.2, -0.15) is 0 Å². The number of nitrogens with two attached hydrogens (primary N) is 1. The van der Waals surface area contributed by atoms with E-state index in [1.165, 1.54) is 0 Å². The summed E-state index contributed by atoms with van der Waals surface area (Å²) >= 11 is 0. The molecule has 5 N–H and O–H groups in total. The van der Waals surface area contributed by atoms with Gasteiger partial charge in [-0.25, -0.2) is 0 Å². The van der Waals surface area contributed by atoms with Crippen molar-refractivity contribution in [3.05, 3.63) is 47.3 Å². The van der Waals surface area contributed by atoms with Gasteiger partial charge in [0.15, 0.2) is 0 Å².